The van der Waals surface area contributed by atoms with Crippen molar-refractivity contribution in [2.75, 3.05) is 29.1 Å². The van der Waals surface area contributed by atoms with Crippen LogP contribution in [0.15, 0.2) is 42.6 Å². The summed E-state index contributed by atoms with van der Waals surface area (Å²) in [6.45, 7) is 0.00557. The van der Waals surface area contributed by atoms with E-state index in [0.29, 0.717) is 17.6 Å². The van der Waals surface area contributed by atoms with Crippen LogP contribution >= 0.6 is 0 Å². The highest BCUT2D eigenvalue weighted by Crippen LogP contribution is 2.25. The number of hydrogen-bond donors (Lipinski definition) is 4. The maximum absolute atomic E-state index is 13.5. The van der Waals surface area contributed by atoms with Gasteiger partial charge in [0.25, 0.3) is 11.8 Å². The first-order valence-electron chi connectivity index (χ1n) is 9.08. The predicted molar refractivity (Wildman–Crippen MR) is 106 cm³/mol. The molecule has 0 bridgehead atoms. The van der Waals surface area contributed by atoms with Crippen molar-refractivity contribution in [3.05, 3.63) is 54.2 Å². The Balaban J connectivity index is 1.50. The third-order valence-corrected chi connectivity index (χ3v) is 4.83. The van der Waals surface area contributed by atoms with Crippen molar-refractivity contribution in [1.82, 2.24) is 4.98 Å². The summed E-state index contributed by atoms with van der Waals surface area (Å²) in [5.74, 6) is -2.84. The summed E-state index contributed by atoms with van der Waals surface area (Å²) in [5.41, 5.74) is 6.15. The van der Waals surface area contributed by atoms with Crippen LogP contribution in [0.5, 0.6) is 0 Å². The van der Waals surface area contributed by atoms with Crippen LogP contribution < -0.4 is 16.0 Å². The third kappa shape index (κ3) is 3.70. The average Bonchev–Trinajstić information content (AvgIpc) is 3.07. The summed E-state index contributed by atoms with van der Waals surface area (Å²) >= 11 is 0. The van der Waals surface area contributed by atoms with Crippen LogP contribution in [-0.4, -0.2) is 47.3 Å². The second-order valence-electron chi connectivity index (χ2n) is 6.85. The molecule has 4 rings (SSSR count). The quantitative estimate of drug-likeness (QED) is 0.517. The fourth-order valence-electron chi connectivity index (χ4n) is 3.38. The molecular weight excluding hydrogens is 398 g/mol. The molecule has 3 aromatic rings. The summed E-state index contributed by atoms with van der Waals surface area (Å²) < 4.78 is 32.3. The molecule has 8 nitrogen and oxygen atoms in total. The molecule has 0 spiro atoms. The molecule has 2 heterocycles. The lowest BCUT2D eigenvalue weighted by atomic mass is 10.1. The van der Waals surface area contributed by atoms with Gasteiger partial charge in [0.05, 0.1) is 6.61 Å². The normalized spacial score (nSPS) is 17.9. The highest BCUT2D eigenvalue weighted by atomic mass is 19.1. The standard InChI is InChI=1S/C20H18F2N4O4/c21-11-6-12(22)8-14(7-11)26-3-4-30-17(20(26)29)16(27)19(28)25-13-1-2-15-10(5-13)9-24-18(15)23/h1-2,5-9,16-17,24,27H,3-4,23H2,(H,25,28)/t16-,17-/m1/s1. The zero-order valence-corrected chi connectivity index (χ0v) is 15.6. The number of nitrogens with one attached hydrogen (secondary N) is 2. The number of aromatic amines is 1. The van der Waals surface area contributed by atoms with E-state index in [9.17, 15) is 23.5 Å². The number of fused-ring (bicyclic) bond motifs is 1. The minimum atomic E-state index is -1.83. The molecule has 2 amide bonds. The molecular formula is C20H18F2N4O4. The fourth-order valence-corrected chi connectivity index (χ4v) is 3.38. The van der Waals surface area contributed by atoms with Crippen molar-refractivity contribution in [3.63, 3.8) is 0 Å². The van der Waals surface area contributed by atoms with E-state index in [4.69, 9.17) is 10.5 Å². The van der Waals surface area contributed by atoms with Crippen LogP contribution in [0.1, 0.15) is 0 Å². The summed E-state index contributed by atoms with van der Waals surface area (Å²) in [4.78, 5) is 29.1. The number of carbonyl (C=O) groups excluding carboxylic acids is 2. The van der Waals surface area contributed by atoms with Gasteiger partial charge < -0.3 is 30.8 Å². The predicted octanol–water partition coefficient (Wildman–Crippen LogP) is 1.76. The molecule has 0 saturated carbocycles. The smallest absolute Gasteiger partial charge is 0.259 e. The first kappa shape index (κ1) is 19.8. The molecule has 5 N–H and O–H groups in total. The number of hydrogen-bond acceptors (Lipinski definition) is 5. The van der Waals surface area contributed by atoms with Crippen LogP contribution in [0, 0.1) is 11.6 Å². The molecule has 0 unspecified atom stereocenters. The van der Waals surface area contributed by atoms with Gasteiger partial charge in [-0.25, -0.2) is 8.78 Å². The molecule has 1 aliphatic rings. The van der Waals surface area contributed by atoms with Gasteiger partial charge in [-0.15, -0.1) is 0 Å². The Morgan fingerprint density at radius 2 is 2.00 bits per heavy atom. The van der Waals surface area contributed by atoms with Gasteiger partial charge in [-0.2, -0.15) is 0 Å². The number of nitrogens with two attached hydrogens (primary N) is 1. The zero-order valence-electron chi connectivity index (χ0n) is 15.6. The lowest BCUT2D eigenvalue weighted by molar-refractivity contribution is -0.150. The second kappa shape index (κ2) is 7.73. The summed E-state index contributed by atoms with van der Waals surface area (Å²) in [7, 11) is 0. The molecule has 2 atom stereocenters. The number of aliphatic hydroxyl groups excluding tert-OH is 1. The van der Waals surface area contributed by atoms with Gasteiger partial charge in [-0.1, -0.05) is 0 Å². The Hall–Kier alpha value is -3.50. The van der Waals surface area contributed by atoms with Gasteiger partial charge in [-0.05, 0) is 30.3 Å². The summed E-state index contributed by atoms with van der Waals surface area (Å²) in [6, 6.07) is 7.62. The fraction of sp³-hybridized carbons (Fsp3) is 0.200. The van der Waals surface area contributed by atoms with E-state index in [0.717, 1.165) is 27.8 Å². The Labute approximate surface area is 169 Å². The number of rotatable bonds is 4. The molecule has 1 aliphatic heterocycles. The Kier molecular flexibility index (Phi) is 5.10. The number of ether oxygens (including phenoxy) is 1. The highest BCUT2D eigenvalue weighted by molar-refractivity contribution is 6.04. The van der Waals surface area contributed by atoms with Gasteiger partial charge in [0, 0.05) is 41.0 Å². The van der Waals surface area contributed by atoms with Gasteiger partial charge in [0.1, 0.15) is 17.5 Å². The number of aromatic nitrogens is 1. The van der Waals surface area contributed by atoms with E-state index in [1.54, 1.807) is 24.4 Å². The van der Waals surface area contributed by atoms with Crippen molar-refractivity contribution < 1.29 is 28.2 Å². The molecule has 0 radical (unpaired) electrons. The number of aliphatic hydroxyl groups is 1. The van der Waals surface area contributed by atoms with E-state index in [1.165, 1.54) is 0 Å². The molecule has 156 valence electrons. The Morgan fingerprint density at radius 1 is 1.27 bits per heavy atom. The second-order valence-corrected chi connectivity index (χ2v) is 6.85. The molecule has 10 heteroatoms. The summed E-state index contributed by atoms with van der Waals surface area (Å²) in [6.07, 6.45) is -1.68. The number of anilines is 3. The molecule has 0 aliphatic carbocycles. The first-order chi connectivity index (χ1) is 14.3. The van der Waals surface area contributed by atoms with Crippen molar-refractivity contribution in [2.45, 2.75) is 12.2 Å². The van der Waals surface area contributed by atoms with Gasteiger partial charge >= 0.3 is 0 Å². The summed E-state index contributed by atoms with van der Waals surface area (Å²) in [5, 5.41) is 14.5. The van der Waals surface area contributed by atoms with Crippen LogP contribution in [-0.2, 0) is 14.3 Å². The van der Waals surface area contributed by atoms with Gasteiger partial charge in [-0.3, -0.25) is 9.59 Å². The van der Waals surface area contributed by atoms with Crippen molar-refractivity contribution in [3.8, 4) is 0 Å². The lowest BCUT2D eigenvalue weighted by Gasteiger charge is -2.34. The van der Waals surface area contributed by atoms with E-state index >= 15 is 0 Å². The number of nitrogen functional groups attached to an aromatic ring is 1. The van der Waals surface area contributed by atoms with Crippen molar-refractivity contribution in [2.24, 2.45) is 0 Å². The molecule has 30 heavy (non-hydrogen) atoms. The molecule has 2 aromatic carbocycles. The minimum Gasteiger partial charge on any atom is -0.385 e. The van der Waals surface area contributed by atoms with Crippen LogP contribution in [0.4, 0.5) is 26.0 Å². The third-order valence-electron chi connectivity index (χ3n) is 4.83. The number of morpholine rings is 1. The zero-order chi connectivity index (χ0) is 21.4. The maximum Gasteiger partial charge on any atom is 0.259 e. The number of H-pyrrole nitrogens is 1. The van der Waals surface area contributed by atoms with Crippen LogP contribution in [0.25, 0.3) is 10.8 Å². The largest absolute Gasteiger partial charge is 0.385 e. The van der Waals surface area contributed by atoms with Crippen LogP contribution in [0.3, 0.4) is 0 Å². The van der Waals surface area contributed by atoms with Gasteiger partial charge in [0.15, 0.2) is 12.2 Å². The van der Waals surface area contributed by atoms with E-state index < -0.39 is 35.7 Å². The average molecular weight is 416 g/mol. The topological polar surface area (TPSA) is 121 Å². The van der Waals surface area contributed by atoms with E-state index in [1.807, 2.05) is 0 Å². The number of nitrogens with zero attached hydrogens (tertiary/aromatic N) is 1. The van der Waals surface area contributed by atoms with Gasteiger partial charge in [0.2, 0.25) is 0 Å². The molecule has 1 aromatic heterocycles. The highest BCUT2D eigenvalue weighted by Gasteiger charge is 2.39. The number of halogens is 2. The van der Waals surface area contributed by atoms with Crippen molar-refractivity contribution >= 4 is 39.8 Å². The molecule has 1 fully saturated rings. The Morgan fingerprint density at radius 3 is 2.73 bits per heavy atom. The van der Waals surface area contributed by atoms with Crippen molar-refractivity contribution in [1.29, 1.82) is 0 Å². The number of amides is 2. The maximum atomic E-state index is 13.5. The minimum absolute atomic E-state index is 0.0195. The first-order valence-corrected chi connectivity index (χ1v) is 9.08. The SMILES string of the molecule is Nc1[nH]cc2cc(NC(=O)[C@H](O)[C@H]3OCCN(c4cc(F)cc(F)c4)C3=O)ccc12. The Bertz CT molecular complexity index is 1110. The van der Waals surface area contributed by atoms with E-state index in [-0.39, 0.29) is 18.8 Å². The van der Waals surface area contributed by atoms with Crippen LogP contribution in [0.2, 0.25) is 0 Å². The number of carbonyl (C=O) groups is 2. The lowest BCUT2D eigenvalue weighted by Crippen LogP contribution is -2.55. The molecule has 1 saturated heterocycles. The van der Waals surface area contributed by atoms with E-state index in [2.05, 4.69) is 10.3 Å². The monoisotopic (exact) mass is 416 g/mol. The number of benzene rings is 2.